The predicted molar refractivity (Wildman–Crippen MR) is 66.3 cm³/mol. The molecule has 0 radical (unpaired) electrons. The van der Waals surface area contributed by atoms with E-state index in [1.165, 1.54) is 13.8 Å². The van der Waals surface area contributed by atoms with E-state index in [-0.39, 0.29) is 11.9 Å². The van der Waals surface area contributed by atoms with Crippen LogP contribution in [0, 0.1) is 0 Å². The first-order valence-electron chi connectivity index (χ1n) is 5.40. The van der Waals surface area contributed by atoms with Gasteiger partial charge in [-0.25, -0.2) is 0 Å². The summed E-state index contributed by atoms with van der Waals surface area (Å²) < 4.78 is 9.87. The first-order chi connectivity index (χ1) is 7.99. The quantitative estimate of drug-likeness (QED) is 0.417. The minimum absolute atomic E-state index is 0.279. The second kappa shape index (κ2) is 6.08. The maximum absolute atomic E-state index is 10.8. The van der Waals surface area contributed by atoms with Crippen LogP contribution in [0.4, 0.5) is 0 Å². The molecule has 0 amide bonds. The lowest BCUT2D eigenvalue weighted by Crippen LogP contribution is -2.14. The van der Waals surface area contributed by atoms with Gasteiger partial charge in [0.15, 0.2) is 0 Å². The van der Waals surface area contributed by atoms with Gasteiger partial charge < -0.3 is 9.47 Å². The van der Waals surface area contributed by atoms with Gasteiger partial charge in [0.1, 0.15) is 13.6 Å². The molecule has 0 aliphatic carbocycles. The summed E-state index contributed by atoms with van der Waals surface area (Å²) in [4.78, 5) is 21.4. The van der Waals surface area contributed by atoms with E-state index in [0.29, 0.717) is 18.8 Å². The normalized spacial score (nSPS) is 9.76. The highest BCUT2D eigenvalue weighted by Crippen LogP contribution is 2.09. The maximum Gasteiger partial charge on any atom is 0.308 e. The van der Waals surface area contributed by atoms with Crippen molar-refractivity contribution in [2.24, 2.45) is 0 Å². The van der Waals surface area contributed by atoms with Crippen molar-refractivity contribution < 1.29 is 19.1 Å². The van der Waals surface area contributed by atoms with Crippen molar-refractivity contribution in [3.05, 3.63) is 23.8 Å². The van der Waals surface area contributed by atoms with Crippen LogP contribution in [0.1, 0.15) is 19.4 Å². The van der Waals surface area contributed by atoms with Crippen LogP contribution >= 0.6 is 0 Å². The molecule has 0 fully saturated rings. The van der Waals surface area contributed by atoms with Crippen molar-refractivity contribution >= 4 is 25.2 Å². The third kappa shape index (κ3) is 4.72. The molecule has 0 bridgehead atoms. The van der Waals surface area contributed by atoms with Crippen LogP contribution in [0.25, 0.3) is 0 Å². The van der Waals surface area contributed by atoms with Gasteiger partial charge in [0, 0.05) is 20.3 Å². The minimum atomic E-state index is -0.333. The van der Waals surface area contributed by atoms with Crippen molar-refractivity contribution in [2.45, 2.75) is 20.3 Å². The molecule has 0 unspecified atom stereocenters. The Hall–Kier alpha value is -1.78. The van der Waals surface area contributed by atoms with E-state index in [1.54, 1.807) is 6.07 Å². The Morgan fingerprint density at radius 2 is 1.94 bits per heavy atom. The second-order valence-electron chi connectivity index (χ2n) is 3.78. The van der Waals surface area contributed by atoms with Crippen LogP contribution in [0.2, 0.25) is 0 Å². The van der Waals surface area contributed by atoms with Crippen molar-refractivity contribution in [3.63, 3.8) is 0 Å². The van der Waals surface area contributed by atoms with Crippen LogP contribution in [0.15, 0.2) is 18.2 Å². The van der Waals surface area contributed by atoms with Crippen LogP contribution < -0.4 is 10.2 Å². The van der Waals surface area contributed by atoms with E-state index in [1.807, 2.05) is 20.0 Å². The first kappa shape index (κ1) is 13.3. The van der Waals surface area contributed by atoms with Crippen LogP contribution in [0.3, 0.4) is 0 Å². The zero-order valence-corrected chi connectivity index (χ0v) is 10.3. The van der Waals surface area contributed by atoms with Gasteiger partial charge in [-0.15, -0.1) is 0 Å². The van der Waals surface area contributed by atoms with Gasteiger partial charge >= 0.3 is 11.9 Å². The predicted octanol–water partition coefficient (Wildman–Crippen LogP) is -0.0241. The van der Waals surface area contributed by atoms with Gasteiger partial charge in [-0.2, -0.15) is 0 Å². The van der Waals surface area contributed by atoms with Gasteiger partial charge in [-0.1, -0.05) is 12.1 Å². The molecule has 1 aromatic carbocycles. The van der Waals surface area contributed by atoms with E-state index in [0.717, 1.165) is 11.0 Å². The van der Waals surface area contributed by atoms with Gasteiger partial charge in [-0.3, -0.25) is 9.59 Å². The number of hydrogen-bond acceptors (Lipinski definition) is 4. The Kier molecular flexibility index (Phi) is 4.76. The molecule has 0 aliphatic heterocycles. The molecular weight excluding hydrogens is 219 g/mol. The first-order valence-corrected chi connectivity index (χ1v) is 5.40. The number of benzene rings is 1. The zero-order valence-electron chi connectivity index (χ0n) is 10.3. The summed E-state index contributed by atoms with van der Waals surface area (Å²) >= 11 is 0. The molecule has 17 heavy (non-hydrogen) atoms. The van der Waals surface area contributed by atoms with E-state index in [2.05, 4.69) is 0 Å². The van der Waals surface area contributed by atoms with Crippen molar-refractivity contribution in [1.82, 2.24) is 0 Å². The van der Waals surface area contributed by atoms with Gasteiger partial charge in [0.05, 0.1) is 6.61 Å². The maximum atomic E-state index is 10.8. The number of hydrogen-bond donors (Lipinski definition) is 0. The summed E-state index contributed by atoms with van der Waals surface area (Å²) in [6.07, 6.45) is 0.654. The van der Waals surface area contributed by atoms with E-state index in [9.17, 15) is 9.59 Å². The third-order valence-corrected chi connectivity index (χ3v) is 2.19. The summed E-state index contributed by atoms with van der Waals surface area (Å²) in [7, 11) is 1.87. The Labute approximate surface area is 101 Å². The van der Waals surface area contributed by atoms with Crippen molar-refractivity contribution in [2.75, 3.05) is 6.61 Å². The molecule has 1 aromatic rings. The number of ether oxygens (including phenoxy) is 2. The molecular formula is C12H15BO4. The Bertz CT molecular complexity index is 429. The molecule has 0 atom stereocenters. The fraction of sp³-hybridized carbons (Fsp3) is 0.333. The molecule has 5 heteroatoms. The summed E-state index contributed by atoms with van der Waals surface area (Å²) in [5.74, 6) is -0.0484. The fourth-order valence-electron chi connectivity index (χ4n) is 1.45. The number of rotatable bonds is 4. The highest BCUT2D eigenvalue weighted by Gasteiger charge is 2.04. The second-order valence-corrected chi connectivity index (χ2v) is 3.78. The molecule has 1 rings (SSSR count). The van der Waals surface area contributed by atoms with Gasteiger partial charge in [0.25, 0.3) is 0 Å². The molecule has 0 heterocycles. The third-order valence-electron chi connectivity index (χ3n) is 2.19. The van der Waals surface area contributed by atoms with Crippen molar-refractivity contribution in [1.29, 1.82) is 0 Å². The lowest BCUT2D eigenvalue weighted by atomic mass is 9.92. The average Bonchev–Trinajstić information content (AvgIpc) is 2.21. The molecule has 0 spiro atoms. The van der Waals surface area contributed by atoms with Gasteiger partial charge in [0.2, 0.25) is 0 Å². The minimum Gasteiger partial charge on any atom is -0.466 e. The highest BCUT2D eigenvalue weighted by molar-refractivity contribution is 6.34. The summed E-state index contributed by atoms with van der Waals surface area (Å²) in [6.45, 7) is 3.12. The monoisotopic (exact) mass is 234 g/mol. The molecule has 0 saturated carbocycles. The zero-order chi connectivity index (χ0) is 12.8. The summed E-state index contributed by atoms with van der Waals surface area (Å²) in [6, 6.07) is 5.52. The smallest absolute Gasteiger partial charge is 0.308 e. The van der Waals surface area contributed by atoms with E-state index < -0.39 is 0 Å². The number of carbonyl (C=O) groups excluding carboxylic acids is 2. The molecule has 0 saturated heterocycles. The molecule has 0 aromatic heterocycles. The topological polar surface area (TPSA) is 52.6 Å². The highest BCUT2D eigenvalue weighted by atomic mass is 16.5. The van der Waals surface area contributed by atoms with E-state index >= 15 is 0 Å². The van der Waals surface area contributed by atoms with Crippen LogP contribution in [0.5, 0.6) is 5.75 Å². The molecule has 4 nitrogen and oxygen atoms in total. The molecule has 0 N–H and O–H groups in total. The number of carbonyl (C=O) groups is 2. The SMILES string of the molecule is Bc1cc(CCOC(C)=O)ccc1OC(C)=O. The fourth-order valence-corrected chi connectivity index (χ4v) is 1.45. The van der Waals surface area contributed by atoms with E-state index in [4.69, 9.17) is 9.47 Å². The standard InChI is InChI=1S/C12H15BO4/c1-8(14)16-6-5-10-3-4-12(11(13)7-10)17-9(2)15/h3-4,7H,5-6,13H2,1-2H3. The summed E-state index contributed by atoms with van der Waals surface area (Å²) in [5.41, 5.74) is 1.93. The number of esters is 2. The largest absolute Gasteiger partial charge is 0.466 e. The van der Waals surface area contributed by atoms with Crippen molar-refractivity contribution in [3.8, 4) is 5.75 Å². The van der Waals surface area contributed by atoms with Gasteiger partial charge in [-0.05, 0) is 17.1 Å². The molecule has 90 valence electrons. The van der Waals surface area contributed by atoms with Crippen LogP contribution in [-0.2, 0) is 20.7 Å². The average molecular weight is 234 g/mol. The molecule has 0 aliphatic rings. The Balaban J connectivity index is 2.62. The lowest BCUT2D eigenvalue weighted by molar-refractivity contribution is -0.140. The Morgan fingerprint density at radius 3 is 2.47 bits per heavy atom. The lowest BCUT2D eigenvalue weighted by Gasteiger charge is -2.08. The van der Waals surface area contributed by atoms with Crippen LogP contribution in [-0.4, -0.2) is 26.4 Å². The summed E-state index contributed by atoms with van der Waals surface area (Å²) in [5, 5.41) is 0. The Morgan fingerprint density at radius 1 is 1.24 bits per heavy atom.